The molecule has 0 unspecified atom stereocenters. The molecule has 4 heteroatoms. The highest BCUT2D eigenvalue weighted by Gasteiger charge is 2.22. The SMILES string of the molecule is c1ccc(N2Cc3cc(-c4cc(-c5cccnc5)cc(-c5cccnc5)c4)ccc3-c3cc(-c4ccc5c(c4)oc4ccccc45)ccc3C2)cc1. The van der Waals surface area contributed by atoms with Crippen LogP contribution in [0.3, 0.4) is 0 Å². The smallest absolute Gasteiger partial charge is 0.136 e. The zero-order valence-corrected chi connectivity index (χ0v) is 28.4. The fourth-order valence-corrected chi connectivity index (χ4v) is 7.70. The molecule has 0 spiro atoms. The molecule has 9 aromatic rings. The van der Waals surface area contributed by atoms with Crippen LogP contribution in [-0.4, -0.2) is 9.97 Å². The average molecular weight is 668 g/mol. The standard InChI is InChI=1S/C48H33N3O/c1-2-10-42(11-3-1)51-30-37-15-14-33(34-17-19-45-44-12-4-5-13-47(44)52-48(45)27-34)26-46(37)43-18-16-32(22-41(43)31-51)38-23-39(35-8-6-20-49-28-35)25-40(24-38)36-9-7-21-50-29-36/h1-29H,30-31H2. The second-order valence-corrected chi connectivity index (χ2v) is 13.5. The van der Waals surface area contributed by atoms with Crippen LogP contribution in [-0.2, 0) is 13.1 Å². The van der Waals surface area contributed by atoms with Gasteiger partial charge in [0, 0.05) is 65.5 Å². The molecule has 0 atom stereocenters. The number of benzene rings is 6. The fraction of sp³-hybridized carbons (Fsp3) is 0.0417. The molecule has 52 heavy (non-hydrogen) atoms. The molecule has 0 saturated heterocycles. The second-order valence-electron chi connectivity index (χ2n) is 13.5. The molecular formula is C48H33N3O. The van der Waals surface area contributed by atoms with E-state index in [2.05, 4.69) is 142 Å². The number of rotatable bonds is 5. The first-order chi connectivity index (χ1) is 25.7. The van der Waals surface area contributed by atoms with Gasteiger partial charge in [-0.2, -0.15) is 0 Å². The van der Waals surface area contributed by atoms with E-state index in [1.807, 2.05) is 49.1 Å². The van der Waals surface area contributed by atoms with Crippen molar-refractivity contribution >= 4 is 27.6 Å². The molecule has 0 aliphatic carbocycles. The van der Waals surface area contributed by atoms with Gasteiger partial charge in [-0.15, -0.1) is 0 Å². The maximum Gasteiger partial charge on any atom is 0.136 e. The Morgan fingerprint density at radius 1 is 0.404 bits per heavy atom. The topological polar surface area (TPSA) is 42.2 Å². The van der Waals surface area contributed by atoms with Crippen LogP contribution in [0.1, 0.15) is 11.1 Å². The van der Waals surface area contributed by atoms with Crippen LogP contribution in [0.4, 0.5) is 5.69 Å². The summed E-state index contributed by atoms with van der Waals surface area (Å²) in [5, 5.41) is 2.29. The van der Waals surface area contributed by atoms with Crippen LogP contribution < -0.4 is 4.90 Å². The Bertz CT molecular complexity index is 2680. The molecule has 3 aromatic heterocycles. The van der Waals surface area contributed by atoms with Gasteiger partial charge in [0.05, 0.1) is 0 Å². The van der Waals surface area contributed by atoms with E-state index < -0.39 is 0 Å². The molecular weight excluding hydrogens is 635 g/mol. The Morgan fingerprint density at radius 2 is 1.02 bits per heavy atom. The third-order valence-electron chi connectivity index (χ3n) is 10.3. The van der Waals surface area contributed by atoms with Crippen LogP contribution in [0, 0.1) is 0 Å². The molecule has 0 N–H and O–H groups in total. The summed E-state index contributed by atoms with van der Waals surface area (Å²) in [7, 11) is 0. The number of aromatic nitrogens is 2. The molecule has 4 nitrogen and oxygen atoms in total. The first-order valence-electron chi connectivity index (χ1n) is 17.7. The predicted molar refractivity (Wildman–Crippen MR) is 213 cm³/mol. The summed E-state index contributed by atoms with van der Waals surface area (Å²) in [4.78, 5) is 11.3. The van der Waals surface area contributed by atoms with Gasteiger partial charge in [-0.3, -0.25) is 9.97 Å². The number of hydrogen-bond acceptors (Lipinski definition) is 4. The van der Waals surface area contributed by atoms with Crippen molar-refractivity contribution in [2.24, 2.45) is 0 Å². The number of pyridine rings is 2. The Labute approximate surface area is 302 Å². The molecule has 1 aliphatic rings. The normalized spacial score (nSPS) is 12.4. The molecule has 1 aliphatic heterocycles. The summed E-state index contributed by atoms with van der Waals surface area (Å²) in [6.07, 6.45) is 7.50. The quantitative estimate of drug-likeness (QED) is 0.183. The average Bonchev–Trinajstić information content (AvgIpc) is 3.51. The second kappa shape index (κ2) is 12.5. The van der Waals surface area contributed by atoms with Crippen LogP contribution in [0.2, 0.25) is 0 Å². The van der Waals surface area contributed by atoms with Crippen molar-refractivity contribution in [3.05, 3.63) is 188 Å². The maximum atomic E-state index is 6.28. The first-order valence-corrected chi connectivity index (χ1v) is 17.7. The van der Waals surface area contributed by atoms with Crippen LogP contribution in [0.15, 0.2) is 181 Å². The molecule has 4 heterocycles. The zero-order valence-electron chi connectivity index (χ0n) is 28.4. The molecule has 0 fully saturated rings. The highest BCUT2D eigenvalue weighted by Crippen LogP contribution is 2.41. The first kappa shape index (κ1) is 30.1. The van der Waals surface area contributed by atoms with Gasteiger partial charge >= 0.3 is 0 Å². The molecule has 0 radical (unpaired) electrons. The van der Waals surface area contributed by atoms with E-state index in [0.29, 0.717) is 0 Å². The van der Waals surface area contributed by atoms with Crippen molar-refractivity contribution in [3.8, 4) is 55.6 Å². The third-order valence-corrected chi connectivity index (χ3v) is 10.3. The zero-order chi connectivity index (χ0) is 34.4. The summed E-state index contributed by atoms with van der Waals surface area (Å²) in [5.74, 6) is 0. The van der Waals surface area contributed by atoms with E-state index in [4.69, 9.17) is 4.42 Å². The van der Waals surface area contributed by atoms with Gasteiger partial charge in [0.25, 0.3) is 0 Å². The van der Waals surface area contributed by atoms with Gasteiger partial charge in [-0.25, -0.2) is 0 Å². The molecule has 0 bridgehead atoms. The van der Waals surface area contributed by atoms with Crippen molar-refractivity contribution in [2.45, 2.75) is 13.1 Å². The third kappa shape index (κ3) is 5.42. The number of nitrogens with zero attached hydrogens (tertiary/aromatic N) is 3. The highest BCUT2D eigenvalue weighted by atomic mass is 16.3. The minimum Gasteiger partial charge on any atom is -0.456 e. The summed E-state index contributed by atoms with van der Waals surface area (Å²) in [6.45, 7) is 1.60. The van der Waals surface area contributed by atoms with E-state index in [1.165, 1.54) is 39.1 Å². The van der Waals surface area contributed by atoms with Crippen molar-refractivity contribution in [1.82, 2.24) is 9.97 Å². The fourth-order valence-electron chi connectivity index (χ4n) is 7.70. The van der Waals surface area contributed by atoms with Gasteiger partial charge in [0.1, 0.15) is 11.2 Å². The Kier molecular flexibility index (Phi) is 7.24. The highest BCUT2D eigenvalue weighted by molar-refractivity contribution is 6.06. The van der Waals surface area contributed by atoms with Crippen molar-refractivity contribution in [3.63, 3.8) is 0 Å². The molecule has 10 rings (SSSR count). The molecule has 0 saturated carbocycles. The van der Waals surface area contributed by atoms with Gasteiger partial charge in [0.2, 0.25) is 0 Å². The Balaban J connectivity index is 1.12. The number of anilines is 1. The van der Waals surface area contributed by atoms with Gasteiger partial charge in [0.15, 0.2) is 0 Å². The van der Waals surface area contributed by atoms with Gasteiger partial charge in [-0.05, 0) is 128 Å². The van der Waals surface area contributed by atoms with Crippen LogP contribution in [0.25, 0.3) is 77.6 Å². The number of para-hydroxylation sites is 2. The molecule has 6 aromatic carbocycles. The summed E-state index contributed by atoms with van der Waals surface area (Å²) >= 11 is 0. The number of hydrogen-bond donors (Lipinski definition) is 0. The number of furan rings is 1. The van der Waals surface area contributed by atoms with E-state index in [-0.39, 0.29) is 0 Å². The van der Waals surface area contributed by atoms with Crippen LogP contribution in [0.5, 0.6) is 0 Å². The van der Waals surface area contributed by atoms with Crippen LogP contribution >= 0.6 is 0 Å². The van der Waals surface area contributed by atoms with Gasteiger partial charge in [-0.1, -0.05) is 78.9 Å². The largest absolute Gasteiger partial charge is 0.456 e. The lowest BCUT2D eigenvalue weighted by molar-refractivity contribution is 0.669. The number of fused-ring (bicyclic) bond motifs is 6. The molecule has 246 valence electrons. The van der Waals surface area contributed by atoms with E-state index in [9.17, 15) is 0 Å². The Hall–Kier alpha value is -6.78. The minimum atomic E-state index is 0.792. The van der Waals surface area contributed by atoms with E-state index >= 15 is 0 Å². The monoisotopic (exact) mass is 667 g/mol. The van der Waals surface area contributed by atoms with Gasteiger partial charge < -0.3 is 9.32 Å². The van der Waals surface area contributed by atoms with E-state index in [0.717, 1.165) is 68.4 Å². The lowest BCUT2D eigenvalue weighted by Crippen LogP contribution is -2.20. The summed E-state index contributed by atoms with van der Waals surface area (Å²) < 4.78 is 6.28. The lowest BCUT2D eigenvalue weighted by Gasteiger charge is -2.24. The summed E-state index contributed by atoms with van der Waals surface area (Å²) in [6, 6.07) is 54.6. The predicted octanol–water partition coefficient (Wildman–Crippen LogP) is 12.2. The van der Waals surface area contributed by atoms with Crippen molar-refractivity contribution < 1.29 is 4.42 Å². The van der Waals surface area contributed by atoms with E-state index in [1.54, 1.807) is 0 Å². The van der Waals surface area contributed by atoms with Crippen molar-refractivity contribution in [2.75, 3.05) is 4.90 Å². The Morgan fingerprint density at radius 3 is 1.77 bits per heavy atom. The lowest BCUT2D eigenvalue weighted by atomic mass is 9.89. The summed E-state index contributed by atoms with van der Waals surface area (Å²) in [5.41, 5.74) is 17.2. The van der Waals surface area contributed by atoms with Crippen molar-refractivity contribution in [1.29, 1.82) is 0 Å². The molecule has 0 amide bonds. The minimum absolute atomic E-state index is 0.792. The maximum absolute atomic E-state index is 6.28.